The molecule has 64 valence electrons. The maximum atomic E-state index is 3.81. The van der Waals surface area contributed by atoms with Crippen molar-refractivity contribution in [2.75, 3.05) is 0 Å². The number of aryl methyl sites for hydroxylation is 1. The lowest BCUT2D eigenvalue weighted by molar-refractivity contribution is 1.50. The Hall–Kier alpha value is -1.56. The largest absolute Gasteiger partial charge is 0.0984 e. The summed E-state index contributed by atoms with van der Waals surface area (Å²) in [6, 6.07) is 12.8. The van der Waals surface area contributed by atoms with Gasteiger partial charge in [0.1, 0.15) is 0 Å². The molecule has 0 aromatic heterocycles. The van der Waals surface area contributed by atoms with Crippen molar-refractivity contribution in [3.8, 4) is 0 Å². The van der Waals surface area contributed by atoms with Gasteiger partial charge in [0.2, 0.25) is 0 Å². The first kappa shape index (κ1) is 8.06. The predicted molar refractivity (Wildman–Crippen MR) is 58.8 cm³/mol. The van der Waals surface area contributed by atoms with E-state index in [1.54, 1.807) is 0 Å². The highest BCUT2D eigenvalue weighted by Gasteiger charge is 1.96. The van der Waals surface area contributed by atoms with Crippen molar-refractivity contribution in [3.05, 3.63) is 54.1 Å². The Morgan fingerprint density at radius 1 is 1.15 bits per heavy atom. The second-order valence-corrected chi connectivity index (χ2v) is 3.28. The zero-order chi connectivity index (χ0) is 9.26. The second-order valence-electron chi connectivity index (χ2n) is 3.28. The number of fused-ring (bicyclic) bond motifs is 1. The summed E-state index contributed by atoms with van der Waals surface area (Å²) < 4.78 is 0. The molecule has 0 N–H and O–H groups in total. The Bertz CT molecular complexity index is 453. The predicted octanol–water partition coefficient (Wildman–Crippen LogP) is 3.79. The van der Waals surface area contributed by atoms with Gasteiger partial charge in [-0.25, -0.2) is 0 Å². The van der Waals surface area contributed by atoms with Gasteiger partial charge in [0.15, 0.2) is 0 Å². The van der Waals surface area contributed by atoms with Gasteiger partial charge in [-0.2, -0.15) is 0 Å². The van der Waals surface area contributed by atoms with Crippen LogP contribution in [0.25, 0.3) is 16.8 Å². The van der Waals surface area contributed by atoms with Gasteiger partial charge in [-0.3, -0.25) is 0 Å². The van der Waals surface area contributed by atoms with Crippen molar-refractivity contribution >= 4 is 16.8 Å². The molecule has 0 amide bonds. The smallest absolute Gasteiger partial charge is 0.0109 e. The van der Waals surface area contributed by atoms with E-state index in [4.69, 9.17) is 0 Å². The van der Waals surface area contributed by atoms with Crippen molar-refractivity contribution < 1.29 is 0 Å². The fourth-order valence-corrected chi connectivity index (χ4v) is 1.59. The molecule has 0 heteroatoms. The van der Waals surface area contributed by atoms with Crippen LogP contribution in [0, 0.1) is 6.92 Å². The molecule has 0 bridgehead atoms. The zero-order valence-electron chi connectivity index (χ0n) is 7.75. The van der Waals surface area contributed by atoms with Crippen molar-refractivity contribution in [2.24, 2.45) is 0 Å². The van der Waals surface area contributed by atoms with E-state index in [0.717, 1.165) is 0 Å². The highest BCUT2D eigenvalue weighted by atomic mass is 14.0. The van der Waals surface area contributed by atoms with Gasteiger partial charge in [0, 0.05) is 0 Å². The Labute approximate surface area is 78.5 Å². The summed E-state index contributed by atoms with van der Waals surface area (Å²) in [5.41, 5.74) is 2.50. The molecule has 0 spiro atoms. The lowest BCUT2D eigenvalue weighted by Gasteiger charge is -2.02. The molecule has 0 saturated heterocycles. The minimum absolute atomic E-state index is 1.21. The van der Waals surface area contributed by atoms with E-state index in [2.05, 4.69) is 49.9 Å². The van der Waals surface area contributed by atoms with Crippen molar-refractivity contribution in [1.29, 1.82) is 0 Å². The molecule has 2 aromatic carbocycles. The fourth-order valence-electron chi connectivity index (χ4n) is 1.59. The van der Waals surface area contributed by atoms with Crippen molar-refractivity contribution in [3.63, 3.8) is 0 Å². The van der Waals surface area contributed by atoms with Gasteiger partial charge in [0.05, 0.1) is 0 Å². The van der Waals surface area contributed by atoms with E-state index in [1.807, 2.05) is 6.08 Å². The maximum Gasteiger partial charge on any atom is -0.0109 e. The first-order chi connectivity index (χ1) is 6.31. The molecule has 2 aromatic rings. The first-order valence-electron chi connectivity index (χ1n) is 4.43. The third-order valence-corrected chi connectivity index (χ3v) is 2.29. The van der Waals surface area contributed by atoms with Crippen LogP contribution < -0.4 is 0 Å². The molecular weight excluding hydrogens is 156 g/mol. The molecule has 0 aliphatic heterocycles. The van der Waals surface area contributed by atoms with E-state index < -0.39 is 0 Å². The summed E-state index contributed by atoms with van der Waals surface area (Å²) in [5.74, 6) is 0. The average Bonchev–Trinajstić information content (AvgIpc) is 2.17. The van der Waals surface area contributed by atoms with Crippen LogP contribution >= 0.6 is 0 Å². The molecule has 0 fully saturated rings. The molecule has 0 aliphatic rings. The highest BCUT2D eigenvalue weighted by molar-refractivity contribution is 5.90. The van der Waals surface area contributed by atoms with Crippen molar-refractivity contribution in [2.45, 2.75) is 6.92 Å². The number of rotatable bonds is 1. The summed E-state index contributed by atoms with van der Waals surface area (Å²) in [6.07, 6.45) is 1.90. The van der Waals surface area contributed by atoms with E-state index in [9.17, 15) is 0 Å². The molecule has 2 rings (SSSR count). The Balaban J connectivity index is 2.86. The van der Waals surface area contributed by atoms with Crippen LogP contribution in [0.1, 0.15) is 11.1 Å². The van der Waals surface area contributed by atoms with Gasteiger partial charge in [0.25, 0.3) is 0 Å². The molecule has 13 heavy (non-hydrogen) atoms. The normalized spacial score (nSPS) is 10.2. The lowest BCUT2D eigenvalue weighted by Crippen LogP contribution is -1.79. The molecule has 0 heterocycles. The minimum Gasteiger partial charge on any atom is -0.0984 e. The first-order valence-corrected chi connectivity index (χ1v) is 4.43. The molecule has 0 nitrogen and oxygen atoms in total. The Kier molecular flexibility index (Phi) is 1.90. The lowest BCUT2D eigenvalue weighted by atomic mass is 10.0. The minimum atomic E-state index is 1.21. The third kappa shape index (κ3) is 1.35. The van der Waals surface area contributed by atoms with Gasteiger partial charge < -0.3 is 0 Å². The molecular formula is C13H12. The summed E-state index contributed by atoms with van der Waals surface area (Å²) in [7, 11) is 0. The standard InChI is InChI=1S/C13H12/c1-3-11-5-4-6-12-8-7-10(2)9-13(11)12/h3-9H,1H2,2H3. The quantitative estimate of drug-likeness (QED) is 0.607. The number of benzene rings is 2. The summed E-state index contributed by atoms with van der Waals surface area (Å²) in [5, 5.41) is 2.57. The summed E-state index contributed by atoms with van der Waals surface area (Å²) in [4.78, 5) is 0. The topological polar surface area (TPSA) is 0 Å². The maximum absolute atomic E-state index is 3.81. The molecule has 0 saturated carbocycles. The molecule has 0 aliphatic carbocycles. The van der Waals surface area contributed by atoms with Gasteiger partial charge >= 0.3 is 0 Å². The molecule has 0 atom stereocenters. The van der Waals surface area contributed by atoms with E-state index in [-0.39, 0.29) is 0 Å². The summed E-state index contributed by atoms with van der Waals surface area (Å²) in [6.45, 7) is 5.92. The van der Waals surface area contributed by atoms with Gasteiger partial charge in [-0.15, -0.1) is 0 Å². The highest BCUT2D eigenvalue weighted by Crippen LogP contribution is 2.20. The van der Waals surface area contributed by atoms with Crippen LogP contribution in [0.4, 0.5) is 0 Å². The average molecular weight is 168 g/mol. The molecule has 0 radical (unpaired) electrons. The Morgan fingerprint density at radius 2 is 2.00 bits per heavy atom. The van der Waals surface area contributed by atoms with E-state index >= 15 is 0 Å². The van der Waals surface area contributed by atoms with Crippen LogP contribution in [0.3, 0.4) is 0 Å². The van der Waals surface area contributed by atoms with Crippen LogP contribution in [0.15, 0.2) is 43.0 Å². The van der Waals surface area contributed by atoms with E-state index in [1.165, 1.54) is 21.9 Å². The monoisotopic (exact) mass is 168 g/mol. The van der Waals surface area contributed by atoms with E-state index in [0.29, 0.717) is 0 Å². The fraction of sp³-hybridized carbons (Fsp3) is 0.0769. The van der Waals surface area contributed by atoms with Crippen molar-refractivity contribution in [1.82, 2.24) is 0 Å². The Morgan fingerprint density at radius 3 is 2.77 bits per heavy atom. The zero-order valence-corrected chi connectivity index (χ0v) is 7.75. The second kappa shape index (κ2) is 3.06. The van der Waals surface area contributed by atoms with Gasteiger partial charge in [-0.05, 0) is 23.3 Å². The van der Waals surface area contributed by atoms with Crippen LogP contribution in [-0.2, 0) is 0 Å². The number of hydrogen-bond acceptors (Lipinski definition) is 0. The van der Waals surface area contributed by atoms with Crippen LogP contribution in [0.5, 0.6) is 0 Å². The third-order valence-electron chi connectivity index (χ3n) is 2.29. The van der Waals surface area contributed by atoms with Crippen LogP contribution in [0.2, 0.25) is 0 Å². The van der Waals surface area contributed by atoms with Crippen LogP contribution in [-0.4, -0.2) is 0 Å². The van der Waals surface area contributed by atoms with Gasteiger partial charge in [-0.1, -0.05) is 54.6 Å². The summed E-state index contributed by atoms with van der Waals surface area (Å²) >= 11 is 0. The SMILES string of the molecule is C=Cc1cccc2ccc(C)cc12. The number of hydrogen-bond donors (Lipinski definition) is 0. The molecule has 0 unspecified atom stereocenters.